The highest BCUT2D eigenvalue weighted by Crippen LogP contribution is 2.22. The molecule has 1 N–H and O–H groups in total. The van der Waals surface area contributed by atoms with E-state index < -0.39 is 5.97 Å². The minimum atomic E-state index is -0.424. The third-order valence-corrected chi connectivity index (χ3v) is 3.82. The van der Waals surface area contributed by atoms with Crippen LogP contribution >= 0.6 is 0 Å². The maximum atomic E-state index is 12.1. The van der Waals surface area contributed by atoms with Crippen LogP contribution in [0.25, 0.3) is 0 Å². The maximum Gasteiger partial charge on any atom is 0.337 e. The summed E-state index contributed by atoms with van der Waals surface area (Å²) < 4.78 is 4.66. The molecular formula is C16H21NO3. The van der Waals surface area contributed by atoms with Crippen LogP contribution in [0, 0.1) is 5.92 Å². The Balaban J connectivity index is 1.93. The maximum absolute atomic E-state index is 12.1. The molecule has 0 bridgehead atoms. The van der Waals surface area contributed by atoms with E-state index in [0.717, 1.165) is 6.54 Å². The molecule has 2 rings (SSSR count). The summed E-state index contributed by atoms with van der Waals surface area (Å²) in [5.41, 5.74) is 0.904. The molecule has 4 nitrogen and oxygen atoms in total. The highest BCUT2D eigenvalue weighted by Gasteiger charge is 2.15. The van der Waals surface area contributed by atoms with Crippen molar-refractivity contribution in [2.75, 3.05) is 13.7 Å². The van der Waals surface area contributed by atoms with E-state index in [0.29, 0.717) is 17.0 Å². The summed E-state index contributed by atoms with van der Waals surface area (Å²) in [7, 11) is 1.33. The third-order valence-electron chi connectivity index (χ3n) is 3.82. The Morgan fingerprint density at radius 2 is 1.90 bits per heavy atom. The molecular weight excluding hydrogens is 254 g/mol. The first-order chi connectivity index (χ1) is 9.70. The van der Waals surface area contributed by atoms with Gasteiger partial charge in [-0.3, -0.25) is 4.79 Å². The topological polar surface area (TPSA) is 55.4 Å². The average molecular weight is 275 g/mol. The van der Waals surface area contributed by atoms with Crippen molar-refractivity contribution in [3.63, 3.8) is 0 Å². The van der Waals surface area contributed by atoms with Crippen LogP contribution < -0.4 is 5.32 Å². The lowest BCUT2D eigenvalue weighted by Gasteiger charge is -2.21. The third kappa shape index (κ3) is 3.83. The van der Waals surface area contributed by atoms with Crippen molar-refractivity contribution in [2.45, 2.75) is 32.1 Å². The lowest BCUT2D eigenvalue weighted by atomic mass is 9.89. The molecule has 1 saturated carbocycles. The lowest BCUT2D eigenvalue weighted by molar-refractivity contribution is 0.0600. The van der Waals surface area contributed by atoms with Crippen LogP contribution in [0.15, 0.2) is 24.3 Å². The van der Waals surface area contributed by atoms with Gasteiger partial charge < -0.3 is 10.1 Å². The molecule has 1 aliphatic carbocycles. The standard InChI is InChI=1S/C16H21NO3/c1-20-16(19)14-9-5-8-13(10-14)15(18)17-11-12-6-3-2-4-7-12/h5,8-10,12H,2-4,6-7,11H2,1H3,(H,17,18). The highest BCUT2D eigenvalue weighted by atomic mass is 16.5. The molecule has 0 heterocycles. The molecule has 0 atom stereocenters. The lowest BCUT2D eigenvalue weighted by Crippen LogP contribution is -2.30. The van der Waals surface area contributed by atoms with Crippen molar-refractivity contribution in [1.29, 1.82) is 0 Å². The molecule has 0 aromatic heterocycles. The molecule has 4 heteroatoms. The van der Waals surface area contributed by atoms with Gasteiger partial charge >= 0.3 is 5.97 Å². The number of nitrogens with one attached hydrogen (secondary N) is 1. The van der Waals surface area contributed by atoms with Gasteiger partial charge in [-0.15, -0.1) is 0 Å². The number of carbonyl (C=O) groups excluding carboxylic acids is 2. The Hall–Kier alpha value is -1.84. The van der Waals surface area contributed by atoms with Gasteiger partial charge in [0.1, 0.15) is 0 Å². The van der Waals surface area contributed by atoms with Gasteiger partial charge in [-0.2, -0.15) is 0 Å². The second-order valence-corrected chi connectivity index (χ2v) is 5.29. The quantitative estimate of drug-likeness (QED) is 0.860. The zero-order valence-corrected chi connectivity index (χ0v) is 11.9. The largest absolute Gasteiger partial charge is 0.465 e. The highest BCUT2D eigenvalue weighted by molar-refractivity contribution is 5.97. The second-order valence-electron chi connectivity index (χ2n) is 5.29. The summed E-state index contributed by atoms with van der Waals surface area (Å²) in [6.07, 6.45) is 6.23. The molecule has 1 aromatic rings. The molecule has 20 heavy (non-hydrogen) atoms. The van der Waals surface area contributed by atoms with Gasteiger partial charge in [-0.25, -0.2) is 4.79 Å². The first-order valence-corrected chi connectivity index (χ1v) is 7.17. The van der Waals surface area contributed by atoms with Crippen molar-refractivity contribution in [3.05, 3.63) is 35.4 Å². The normalized spacial score (nSPS) is 15.7. The zero-order chi connectivity index (χ0) is 14.4. The van der Waals surface area contributed by atoms with Crippen molar-refractivity contribution >= 4 is 11.9 Å². The van der Waals surface area contributed by atoms with Crippen LogP contribution in [-0.4, -0.2) is 25.5 Å². The van der Waals surface area contributed by atoms with E-state index in [-0.39, 0.29) is 5.91 Å². The Kier molecular flexibility index (Phi) is 5.16. The number of ether oxygens (including phenoxy) is 1. The number of benzene rings is 1. The summed E-state index contributed by atoms with van der Waals surface area (Å²) in [6.45, 7) is 0.723. The van der Waals surface area contributed by atoms with Crippen LogP contribution in [0.5, 0.6) is 0 Å². The number of methoxy groups -OCH3 is 1. The van der Waals surface area contributed by atoms with E-state index in [4.69, 9.17) is 0 Å². The van der Waals surface area contributed by atoms with Crippen LogP contribution in [0.1, 0.15) is 52.8 Å². The van der Waals surface area contributed by atoms with Crippen molar-refractivity contribution in [1.82, 2.24) is 5.32 Å². The van der Waals surface area contributed by atoms with E-state index in [1.165, 1.54) is 39.2 Å². The van der Waals surface area contributed by atoms with Crippen LogP contribution in [0.2, 0.25) is 0 Å². The number of carbonyl (C=O) groups is 2. The fourth-order valence-electron chi connectivity index (χ4n) is 2.64. The average Bonchev–Trinajstić information content (AvgIpc) is 2.53. The Labute approximate surface area is 119 Å². The molecule has 0 saturated heterocycles. The second kappa shape index (κ2) is 7.08. The smallest absolute Gasteiger partial charge is 0.337 e. The van der Waals surface area contributed by atoms with E-state index >= 15 is 0 Å². The van der Waals surface area contributed by atoms with Crippen molar-refractivity contribution < 1.29 is 14.3 Å². The summed E-state index contributed by atoms with van der Waals surface area (Å²) >= 11 is 0. The fourth-order valence-corrected chi connectivity index (χ4v) is 2.64. The monoisotopic (exact) mass is 275 g/mol. The van der Waals surface area contributed by atoms with Gasteiger partial charge in [-0.1, -0.05) is 25.3 Å². The van der Waals surface area contributed by atoms with E-state index in [1.54, 1.807) is 24.3 Å². The van der Waals surface area contributed by atoms with Crippen LogP contribution in [0.4, 0.5) is 0 Å². The molecule has 0 aliphatic heterocycles. The van der Waals surface area contributed by atoms with Gasteiger partial charge in [0.2, 0.25) is 0 Å². The number of hydrogen-bond donors (Lipinski definition) is 1. The van der Waals surface area contributed by atoms with Gasteiger partial charge in [0, 0.05) is 12.1 Å². The summed E-state index contributed by atoms with van der Waals surface area (Å²) in [5.74, 6) is 0.0461. The number of hydrogen-bond acceptors (Lipinski definition) is 3. The zero-order valence-electron chi connectivity index (χ0n) is 11.9. The molecule has 1 aromatic carbocycles. The minimum Gasteiger partial charge on any atom is -0.465 e. The van der Waals surface area contributed by atoms with E-state index in [2.05, 4.69) is 10.1 Å². The Morgan fingerprint density at radius 3 is 2.60 bits per heavy atom. The summed E-state index contributed by atoms with van der Waals surface area (Å²) in [4.78, 5) is 23.5. The number of esters is 1. The van der Waals surface area contributed by atoms with Gasteiger partial charge in [0.15, 0.2) is 0 Å². The van der Waals surface area contributed by atoms with Gasteiger partial charge in [-0.05, 0) is 37.0 Å². The van der Waals surface area contributed by atoms with Gasteiger partial charge in [0.05, 0.1) is 12.7 Å². The molecule has 1 fully saturated rings. The summed E-state index contributed by atoms with van der Waals surface area (Å²) in [6, 6.07) is 6.62. The van der Waals surface area contributed by atoms with Crippen LogP contribution in [0.3, 0.4) is 0 Å². The van der Waals surface area contributed by atoms with E-state index in [9.17, 15) is 9.59 Å². The first-order valence-electron chi connectivity index (χ1n) is 7.17. The predicted octanol–water partition coefficient (Wildman–Crippen LogP) is 2.78. The Bertz CT molecular complexity index is 478. The molecule has 1 aliphatic rings. The fraction of sp³-hybridized carbons (Fsp3) is 0.500. The number of amides is 1. The Morgan fingerprint density at radius 1 is 1.20 bits per heavy atom. The predicted molar refractivity (Wildman–Crippen MR) is 76.7 cm³/mol. The summed E-state index contributed by atoms with van der Waals surface area (Å²) in [5, 5.41) is 2.96. The molecule has 108 valence electrons. The number of rotatable bonds is 4. The van der Waals surface area contributed by atoms with Crippen molar-refractivity contribution in [3.8, 4) is 0 Å². The first kappa shape index (κ1) is 14.6. The molecule has 0 unspecified atom stereocenters. The minimum absolute atomic E-state index is 0.124. The molecule has 0 radical (unpaired) electrons. The molecule has 0 spiro atoms. The SMILES string of the molecule is COC(=O)c1cccc(C(=O)NCC2CCCCC2)c1. The van der Waals surface area contributed by atoms with Crippen LogP contribution in [-0.2, 0) is 4.74 Å². The van der Waals surface area contributed by atoms with E-state index in [1.807, 2.05) is 0 Å². The van der Waals surface area contributed by atoms with Crippen molar-refractivity contribution in [2.24, 2.45) is 5.92 Å². The van der Waals surface area contributed by atoms with Gasteiger partial charge in [0.25, 0.3) is 5.91 Å². The molecule has 1 amide bonds.